The van der Waals surface area contributed by atoms with Crippen LogP contribution in [0.25, 0.3) is 0 Å². The van der Waals surface area contributed by atoms with Crippen LogP contribution in [0, 0.1) is 5.82 Å². The fourth-order valence-corrected chi connectivity index (χ4v) is 1.75. The van der Waals surface area contributed by atoms with Crippen molar-refractivity contribution in [3.05, 3.63) is 29.6 Å². The molecule has 2 N–H and O–H groups in total. The van der Waals surface area contributed by atoms with Gasteiger partial charge in [-0.15, -0.1) is 0 Å². The number of carbonyl (C=O) groups is 2. The number of halogens is 1. The molecular formula is C13H15FN2O4S. The van der Waals surface area contributed by atoms with Gasteiger partial charge in [-0.3, -0.25) is 9.59 Å². The molecule has 21 heavy (non-hydrogen) atoms. The van der Waals surface area contributed by atoms with Crippen molar-refractivity contribution in [2.24, 2.45) is 5.73 Å². The number of hydrogen-bond donors (Lipinski definition) is 1. The van der Waals surface area contributed by atoms with Gasteiger partial charge in [0.2, 0.25) is 0 Å². The molecule has 0 radical (unpaired) electrons. The standard InChI is InChI=1S/C13H15FN2O4S/c1-19-11(17)6-16(7-12(18)20-2)8-3-4-9(13(15)21)10(14)5-8/h3-5H,6-7H2,1-2H3,(H2,15,21). The number of benzene rings is 1. The molecule has 6 nitrogen and oxygen atoms in total. The minimum atomic E-state index is -0.639. The predicted octanol–water partition coefficient (Wildman–Crippen LogP) is 0.612. The molecule has 0 aliphatic heterocycles. The van der Waals surface area contributed by atoms with E-state index in [0.717, 1.165) is 6.07 Å². The van der Waals surface area contributed by atoms with Crippen LogP contribution in [0.1, 0.15) is 5.56 Å². The summed E-state index contributed by atoms with van der Waals surface area (Å²) in [6.45, 7) is -0.449. The number of carbonyl (C=O) groups excluding carboxylic acids is 2. The van der Waals surface area contributed by atoms with Gasteiger partial charge in [0.05, 0.1) is 14.2 Å². The van der Waals surface area contributed by atoms with Gasteiger partial charge in [-0.25, -0.2) is 4.39 Å². The molecule has 0 amide bonds. The molecule has 0 aliphatic carbocycles. The van der Waals surface area contributed by atoms with Gasteiger partial charge in [0.1, 0.15) is 23.9 Å². The van der Waals surface area contributed by atoms with E-state index in [9.17, 15) is 14.0 Å². The highest BCUT2D eigenvalue weighted by atomic mass is 32.1. The second-order valence-electron chi connectivity index (χ2n) is 4.04. The topological polar surface area (TPSA) is 81.9 Å². The van der Waals surface area contributed by atoms with Crippen molar-refractivity contribution in [3.63, 3.8) is 0 Å². The Hall–Kier alpha value is -2.22. The maximum Gasteiger partial charge on any atom is 0.325 e. The van der Waals surface area contributed by atoms with Crippen LogP contribution in [0.4, 0.5) is 10.1 Å². The summed E-state index contributed by atoms with van der Waals surface area (Å²) in [4.78, 5) is 24.0. The normalized spacial score (nSPS) is 9.86. The van der Waals surface area contributed by atoms with Gasteiger partial charge in [-0.2, -0.15) is 0 Å². The third kappa shape index (κ3) is 4.67. The molecule has 8 heteroatoms. The number of anilines is 1. The number of rotatable bonds is 6. The molecule has 0 atom stereocenters. The summed E-state index contributed by atoms with van der Waals surface area (Å²) in [6, 6.07) is 4.03. The van der Waals surface area contributed by atoms with Gasteiger partial charge >= 0.3 is 11.9 Å². The SMILES string of the molecule is COC(=O)CN(CC(=O)OC)c1ccc(C(N)=S)c(F)c1. The maximum atomic E-state index is 13.9. The summed E-state index contributed by atoms with van der Waals surface area (Å²) in [5, 5.41) is 0. The fourth-order valence-electron chi connectivity index (χ4n) is 1.58. The average molecular weight is 314 g/mol. The molecule has 114 valence electrons. The van der Waals surface area contributed by atoms with Gasteiger partial charge in [0, 0.05) is 11.3 Å². The lowest BCUT2D eigenvalue weighted by atomic mass is 10.1. The third-order valence-electron chi connectivity index (χ3n) is 2.68. The molecule has 1 aromatic rings. The van der Waals surface area contributed by atoms with Crippen molar-refractivity contribution < 1.29 is 23.5 Å². The van der Waals surface area contributed by atoms with E-state index in [2.05, 4.69) is 9.47 Å². The first-order chi connectivity index (χ1) is 9.88. The Morgan fingerprint density at radius 2 is 1.76 bits per heavy atom. The largest absolute Gasteiger partial charge is 0.468 e. The zero-order chi connectivity index (χ0) is 16.0. The lowest BCUT2D eigenvalue weighted by molar-refractivity contribution is -0.140. The second kappa shape index (κ2) is 7.53. The Morgan fingerprint density at radius 1 is 1.24 bits per heavy atom. The minimum Gasteiger partial charge on any atom is -0.468 e. The second-order valence-corrected chi connectivity index (χ2v) is 4.48. The Labute approximate surface area is 126 Å². The lowest BCUT2D eigenvalue weighted by Crippen LogP contribution is -2.35. The Bertz CT molecular complexity index is 547. The van der Waals surface area contributed by atoms with E-state index in [1.54, 1.807) is 0 Å². The van der Waals surface area contributed by atoms with Gasteiger partial charge in [0.25, 0.3) is 0 Å². The molecule has 0 unspecified atom stereocenters. The fraction of sp³-hybridized carbons (Fsp3) is 0.308. The summed E-state index contributed by atoms with van der Waals surface area (Å²) in [5.41, 5.74) is 5.77. The van der Waals surface area contributed by atoms with E-state index in [1.165, 1.54) is 31.3 Å². The molecule has 1 aromatic carbocycles. The smallest absolute Gasteiger partial charge is 0.325 e. The minimum absolute atomic E-state index is 0.0773. The van der Waals surface area contributed by atoms with Crippen molar-refractivity contribution >= 4 is 34.8 Å². The Kier molecular flexibility index (Phi) is 6.04. The van der Waals surface area contributed by atoms with E-state index in [-0.39, 0.29) is 23.6 Å². The summed E-state index contributed by atoms with van der Waals surface area (Å²) in [7, 11) is 2.43. The molecule has 0 saturated carbocycles. The first-order valence-corrected chi connectivity index (χ1v) is 6.27. The van der Waals surface area contributed by atoms with Crippen LogP contribution in [-0.2, 0) is 19.1 Å². The summed E-state index contributed by atoms with van der Waals surface area (Å²) < 4.78 is 23.0. The first-order valence-electron chi connectivity index (χ1n) is 5.87. The van der Waals surface area contributed by atoms with Gasteiger partial charge in [-0.05, 0) is 18.2 Å². The molecule has 0 fully saturated rings. The molecule has 0 heterocycles. The number of ether oxygens (including phenoxy) is 2. The van der Waals surface area contributed by atoms with Crippen molar-refractivity contribution in [1.82, 2.24) is 0 Å². The summed E-state index contributed by atoms with van der Waals surface area (Å²) >= 11 is 4.71. The van der Waals surface area contributed by atoms with Gasteiger partial charge in [-0.1, -0.05) is 12.2 Å². The van der Waals surface area contributed by atoms with E-state index < -0.39 is 17.8 Å². The highest BCUT2D eigenvalue weighted by Crippen LogP contribution is 2.19. The van der Waals surface area contributed by atoms with Crippen molar-refractivity contribution in [3.8, 4) is 0 Å². The number of hydrogen-bond acceptors (Lipinski definition) is 6. The van der Waals surface area contributed by atoms with Crippen LogP contribution < -0.4 is 10.6 Å². The number of nitrogens with two attached hydrogens (primary N) is 1. The number of thiocarbonyl (C=S) groups is 1. The summed E-state index contributed by atoms with van der Waals surface area (Å²) in [5.74, 6) is -1.78. The zero-order valence-corrected chi connectivity index (χ0v) is 12.4. The first kappa shape index (κ1) is 16.8. The zero-order valence-electron chi connectivity index (χ0n) is 11.6. The molecule has 0 spiro atoms. The summed E-state index contributed by atoms with van der Waals surface area (Å²) in [6.07, 6.45) is 0. The number of methoxy groups -OCH3 is 2. The molecule has 1 rings (SSSR count). The third-order valence-corrected chi connectivity index (χ3v) is 2.90. The van der Waals surface area contributed by atoms with Crippen LogP contribution in [0.3, 0.4) is 0 Å². The maximum absolute atomic E-state index is 13.9. The van der Waals surface area contributed by atoms with E-state index in [0.29, 0.717) is 5.69 Å². The molecule has 0 bridgehead atoms. The van der Waals surface area contributed by atoms with E-state index in [4.69, 9.17) is 18.0 Å². The Morgan fingerprint density at radius 3 is 2.14 bits per heavy atom. The lowest BCUT2D eigenvalue weighted by Gasteiger charge is -2.22. The van der Waals surface area contributed by atoms with Crippen LogP contribution in [0.15, 0.2) is 18.2 Å². The van der Waals surface area contributed by atoms with Crippen LogP contribution in [0.5, 0.6) is 0 Å². The van der Waals surface area contributed by atoms with E-state index in [1.807, 2.05) is 0 Å². The highest BCUT2D eigenvalue weighted by molar-refractivity contribution is 7.80. The molecule has 0 aromatic heterocycles. The highest BCUT2D eigenvalue weighted by Gasteiger charge is 2.18. The monoisotopic (exact) mass is 314 g/mol. The van der Waals surface area contributed by atoms with Crippen molar-refractivity contribution in [1.29, 1.82) is 0 Å². The average Bonchev–Trinajstić information content (AvgIpc) is 2.45. The Balaban J connectivity index is 3.07. The van der Waals surface area contributed by atoms with Crippen molar-refractivity contribution in [2.75, 3.05) is 32.2 Å². The van der Waals surface area contributed by atoms with E-state index >= 15 is 0 Å². The van der Waals surface area contributed by atoms with Crippen LogP contribution >= 0.6 is 12.2 Å². The van der Waals surface area contributed by atoms with Crippen molar-refractivity contribution in [2.45, 2.75) is 0 Å². The van der Waals surface area contributed by atoms with Crippen LogP contribution in [0.2, 0.25) is 0 Å². The van der Waals surface area contributed by atoms with Gasteiger partial charge < -0.3 is 20.1 Å². The van der Waals surface area contributed by atoms with Gasteiger partial charge in [0.15, 0.2) is 0 Å². The van der Waals surface area contributed by atoms with Crippen LogP contribution in [-0.4, -0.2) is 44.2 Å². The molecule has 0 saturated heterocycles. The molecule has 0 aliphatic rings. The number of nitrogens with zero attached hydrogens (tertiary/aromatic N) is 1. The predicted molar refractivity (Wildman–Crippen MR) is 78.5 cm³/mol. The molecular weight excluding hydrogens is 299 g/mol. The quantitative estimate of drug-likeness (QED) is 0.608. The number of esters is 2.